The molecule has 0 unspecified atom stereocenters. The zero-order valence-corrected chi connectivity index (χ0v) is 31.1. The van der Waals surface area contributed by atoms with E-state index >= 15 is 0 Å². The number of aromatic nitrogens is 8. The van der Waals surface area contributed by atoms with Gasteiger partial charge < -0.3 is 36.1 Å². The second-order valence-corrected chi connectivity index (χ2v) is 14.4. The Hall–Kier alpha value is -5.19. The molecule has 0 saturated carbocycles. The molecule has 0 radical (unpaired) electrons. The fourth-order valence-electron chi connectivity index (χ4n) is 6.50. The lowest BCUT2D eigenvalue weighted by Gasteiger charge is -2.34. The SMILES string of the molecule is CC(C)NC(=O)N1CCC[C@H](Nc2nc(-c3c[nH]c4ncc(Cl)cc34)ncc2F)C1.Fc1cnc(-c2c[nH]c3ncc(Cl)cc23)nc1N[C@H]1CCCNC1. The summed E-state index contributed by atoms with van der Waals surface area (Å²) in [5.74, 6) is 0.120. The molecule has 2 saturated heterocycles. The van der Waals surface area contributed by atoms with Crippen molar-refractivity contribution in [3.05, 3.63) is 71.0 Å². The Labute approximate surface area is 319 Å². The summed E-state index contributed by atoms with van der Waals surface area (Å²) in [6.07, 6.45) is 12.6. The molecule has 2 fully saturated rings. The predicted molar refractivity (Wildman–Crippen MR) is 206 cm³/mol. The Morgan fingerprint density at radius 2 is 1.37 bits per heavy atom. The smallest absolute Gasteiger partial charge is 0.317 e. The molecule has 0 aliphatic carbocycles. The van der Waals surface area contributed by atoms with E-state index in [1.807, 2.05) is 13.8 Å². The number of hydrogen-bond acceptors (Lipinski definition) is 10. The Kier molecular flexibility index (Phi) is 11.3. The third-order valence-electron chi connectivity index (χ3n) is 9.06. The van der Waals surface area contributed by atoms with Crippen LogP contribution < -0.4 is 21.3 Å². The number of hydrogen-bond donors (Lipinski definition) is 6. The molecule has 6 aromatic heterocycles. The van der Waals surface area contributed by atoms with E-state index in [-0.39, 0.29) is 35.8 Å². The number of likely N-dealkylation sites (tertiary alicyclic amines) is 1. The number of pyridine rings is 2. The average Bonchev–Trinajstić information content (AvgIpc) is 3.78. The molecule has 0 spiro atoms. The van der Waals surface area contributed by atoms with Crippen LogP contribution >= 0.6 is 23.2 Å². The van der Waals surface area contributed by atoms with Crippen molar-refractivity contribution in [2.24, 2.45) is 0 Å². The quantitative estimate of drug-likeness (QED) is 0.101. The number of anilines is 2. The molecule has 0 bridgehead atoms. The molecule has 14 nitrogen and oxygen atoms in total. The van der Waals surface area contributed by atoms with Crippen molar-refractivity contribution >= 4 is 62.9 Å². The van der Waals surface area contributed by atoms with Crippen molar-refractivity contribution in [3.63, 3.8) is 0 Å². The van der Waals surface area contributed by atoms with E-state index in [0.29, 0.717) is 51.6 Å². The largest absolute Gasteiger partial charge is 0.364 e. The minimum Gasteiger partial charge on any atom is -0.364 e. The summed E-state index contributed by atoms with van der Waals surface area (Å²) in [6, 6.07) is 3.57. The minimum absolute atomic E-state index is 0.0619. The number of carbonyl (C=O) groups is 1. The van der Waals surface area contributed by atoms with Crippen LogP contribution in [0.3, 0.4) is 0 Å². The molecule has 2 aliphatic rings. The fraction of sp³-hybridized carbons (Fsp3) is 0.361. The Bertz CT molecular complexity index is 2260. The van der Waals surface area contributed by atoms with Gasteiger partial charge in [0.2, 0.25) is 0 Å². The lowest BCUT2D eigenvalue weighted by atomic mass is 10.1. The fourth-order valence-corrected chi connectivity index (χ4v) is 6.82. The van der Waals surface area contributed by atoms with E-state index in [2.05, 4.69) is 61.1 Å². The molecule has 6 N–H and O–H groups in total. The van der Waals surface area contributed by atoms with Gasteiger partial charge in [0.05, 0.1) is 22.4 Å². The van der Waals surface area contributed by atoms with E-state index in [1.165, 1.54) is 6.20 Å². The summed E-state index contributed by atoms with van der Waals surface area (Å²) in [5, 5.41) is 15.1. The first-order chi connectivity index (χ1) is 26.1. The summed E-state index contributed by atoms with van der Waals surface area (Å²) in [4.78, 5) is 45.6. The Morgan fingerprint density at radius 1 is 0.815 bits per heavy atom. The Balaban J connectivity index is 0.000000171. The van der Waals surface area contributed by atoms with Crippen LogP contribution in [0.25, 0.3) is 44.8 Å². The van der Waals surface area contributed by atoms with E-state index < -0.39 is 11.6 Å². The van der Waals surface area contributed by atoms with Crippen molar-refractivity contribution in [2.75, 3.05) is 36.8 Å². The second kappa shape index (κ2) is 16.4. The van der Waals surface area contributed by atoms with Crippen LogP contribution in [-0.2, 0) is 0 Å². The van der Waals surface area contributed by atoms with Gasteiger partial charge in [-0.3, -0.25) is 0 Å². The molecule has 8 rings (SSSR count). The summed E-state index contributed by atoms with van der Waals surface area (Å²) < 4.78 is 28.5. The number of aromatic amines is 2. The number of nitrogens with one attached hydrogen (secondary N) is 6. The summed E-state index contributed by atoms with van der Waals surface area (Å²) in [5.41, 5.74) is 2.76. The van der Waals surface area contributed by atoms with Gasteiger partial charge in [0.25, 0.3) is 0 Å². The summed E-state index contributed by atoms with van der Waals surface area (Å²) in [6.45, 7) is 6.79. The zero-order valence-electron chi connectivity index (χ0n) is 29.6. The number of nitrogens with zero attached hydrogens (tertiary/aromatic N) is 7. The maximum absolute atomic E-state index is 14.5. The summed E-state index contributed by atoms with van der Waals surface area (Å²) >= 11 is 12.1. The predicted octanol–water partition coefficient (Wildman–Crippen LogP) is 6.78. The topological polar surface area (TPSA) is 177 Å². The third kappa shape index (κ3) is 8.61. The molecule has 6 aromatic rings. The van der Waals surface area contributed by atoms with E-state index in [0.717, 1.165) is 61.3 Å². The van der Waals surface area contributed by atoms with E-state index in [1.54, 1.807) is 41.8 Å². The molecule has 2 aliphatic heterocycles. The average molecular weight is 779 g/mol. The van der Waals surface area contributed by atoms with Crippen molar-refractivity contribution in [2.45, 2.75) is 57.7 Å². The van der Waals surface area contributed by atoms with Crippen LogP contribution in [0, 0.1) is 11.6 Å². The van der Waals surface area contributed by atoms with Crippen LogP contribution in [0.15, 0.2) is 49.3 Å². The van der Waals surface area contributed by atoms with Gasteiger partial charge in [-0.1, -0.05) is 23.2 Å². The molecular formula is C36H39Cl2F2N13O. The standard InChI is InChI=1S/C20H23ClFN7O.C16H16ClFN6/c1-11(2)26-20(30)29-5-3-4-13(10-29)27-19-16(22)9-25-18(28-19)15-8-24-17-14(15)6-12(21)7-23-17;17-9-4-11-12(7-21-14(11)20-5-9)15-22-8-13(18)16(24-15)23-10-2-1-3-19-6-10/h6-9,11,13H,3-5,10H2,1-2H3,(H,23,24)(H,26,30)(H,25,27,28);4-5,7-8,10,19H,1-3,6H2,(H,20,21)(H,22,23,24)/t13-;10-/m00/s1. The third-order valence-corrected chi connectivity index (χ3v) is 9.48. The van der Waals surface area contributed by atoms with Crippen molar-refractivity contribution in [1.82, 2.24) is 55.4 Å². The van der Waals surface area contributed by atoms with E-state index in [4.69, 9.17) is 23.2 Å². The molecule has 282 valence electrons. The first-order valence-corrected chi connectivity index (χ1v) is 18.5. The number of amides is 2. The van der Waals surface area contributed by atoms with Gasteiger partial charge in [-0.05, 0) is 58.2 Å². The molecule has 54 heavy (non-hydrogen) atoms. The summed E-state index contributed by atoms with van der Waals surface area (Å²) in [7, 11) is 0. The number of halogens is 4. The van der Waals surface area contributed by atoms with Gasteiger partial charge in [0.15, 0.2) is 34.9 Å². The minimum atomic E-state index is -0.543. The maximum atomic E-state index is 14.5. The van der Waals surface area contributed by atoms with Gasteiger partial charge in [-0.15, -0.1) is 0 Å². The van der Waals surface area contributed by atoms with Crippen molar-refractivity contribution < 1.29 is 13.6 Å². The number of piperidine rings is 2. The highest BCUT2D eigenvalue weighted by Gasteiger charge is 2.25. The van der Waals surface area contributed by atoms with Crippen LogP contribution in [0.2, 0.25) is 10.0 Å². The monoisotopic (exact) mass is 777 g/mol. The number of urea groups is 1. The highest BCUT2D eigenvalue weighted by Crippen LogP contribution is 2.30. The van der Waals surface area contributed by atoms with Gasteiger partial charge >= 0.3 is 6.03 Å². The number of fused-ring (bicyclic) bond motifs is 2. The first kappa shape index (κ1) is 37.1. The van der Waals surface area contributed by atoms with Crippen LogP contribution in [-0.4, -0.2) is 95.1 Å². The maximum Gasteiger partial charge on any atom is 0.317 e. The van der Waals surface area contributed by atoms with Gasteiger partial charge in [-0.2, -0.15) is 0 Å². The molecule has 18 heteroatoms. The normalized spacial score (nSPS) is 17.4. The lowest BCUT2D eigenvalue weighted by molar-refractivity contribution is 0.180. The lowest BCUT2D eigenvalue weighted by Crippen LogP contribution is -2.50. The Morgan fingerprint density at radius 3 is 1.91 bits per heavy atom. The van der Waals surface area contributed by atoms with Crippen molar-refractivity contribution in [3.8, 4) is 22.8 Å². The van der Waals surface area contributed by atoms with Crippen LogP contribution in [0.5, 0.6) is 0 Å². The molecular weight excluding hydrogens is 739 g/mol. The molecule has 2 atom stereocenters. The highest BCUT2D eigenvalue weighted by molar-refractivity contribution is 6.31. The zero-order chi connectivity index (χ0) is 37.8. The van der Waals surface area contributed by atoms with Crippen LogP contribution in [0.4, 0.5) is 25.2 Å². The van der Waals surface area contributed by atoms with E-state index in [9.17, 15) is 13.6 Å². The number of H-pyrrole nitrogens is 2. The van der Waals surface area contributed by atoms with Crippen LogP contribution in [0.1, 0.15) is 39.5 Å². The molecule has 2 amide bonds. The molecule has 0 aromatic carbocycles. The number of carbonyl (C=O) groups excluding carboxylic acids is 1. The van der Waals surface area contributed by atoms with Gasteiger partial charge in [0, 0.05) is 84.4 Å². The second-order valence-electron chi connectivity index (χ2n) is 13.5. The highest BCUT2D eigenvalue weighted by atomic mass is 35.5. The van der Waals surface area contributed by atoms with Gasteiger partial charge in [-0.25, -0.2) is 43.5 Å². The van der Waals surface area contributed by atoms with Crippen molar-refractivity contribution in [1.29, 1.82) is 0 Å². The number of rotatable bonds is 7. The van der Waals surface area contributed by atoms with Gasteiger partial charge in [0.1, 0.15) is 11.3 Å². The first-order valence-electron chi connectivity index (χ1n) is 17.7. The molecule has 8 heterocycles.